The monoisotopic (exact) mass is 364 g/mol. The summed E-state index contributed by atoms with van der Waals surface area (Å²) in [5.74, 6) is 0. The average Bonchev–Trinajstić information content (AvgIpc) is 2.73. The van der Waals surface area contributed by atoms with Gasteiger partial charge in [-0.2, -0.15) is 0 Å². The van der Waals surface area contributed by atoms with E-state index in [0.717, 1.165) is 10.6 Å². The summed E-state index contributed by atoms with van der Waals surface area (Å²) in [5, 5.41) is 5.83. The minimum atomic E-state index is 0.761. The summed E-state index contributed by atoms with van der Waals surface area (Å²) in [5.41, 5.74) is 4.87. The van der Waals surface area contributed by atoms with Crippen LogP contribution in [0.2, 0.25) is 5.02 Å². The zero-order valence-electron chi connectivity index (χ0n) is 14.7. The van der Waals surface area contributed by atoms with Crippen LogP contribution in [-0.2, 0) is 0 Å². The topological polar surface area (TPSA) is 0 Å². The third-order valence-electron chi connectivity index (χ3n) is 5.14. The van der Waals surface area contributed by atoms with Crippen LogP contribution in [0.4, 0.5) is 0 Å². The van der Waals surface area contributed by atoms with Crippen LogP contribution in [-0.4, -0.2) is 0 Å². The molecule has 0 unspecified atom stereocenters. The van der Waals surface area contributed by atoms with Gasteiger partial charge in [0.25, 0.3) is 0 Å². The molecule has 5 aromatic rings. The summed E-state index contributed by atoms with van der Waals surface area (Å²) in [4.78, 5) is 0. The third kappa shape index (κ3) is 2.79. The van der Waals surface area contributed by atoms with E-state index in [1.165, 1.54) is 38.2 Å². The lowest BCUT2D eigenvalue weighted by Crippen LogP contribution is -1.86. The standard InChI is InChI=1S/C26H17Cl/c27-20-10-4-9-19(17-20)22-12-6-14-24-23-13-5-11-21(18-7-2-1-3-8-18)25(23)15-16-26(22)24/h1-17H. The van der Waals surface area contributed by atoms with E-state index >= 15 is 0 Å². The van der Waals surface area contributed by atoms with Gasteiger partial charge in [-0.15, -0.1) is 0 Å². The van der Waals surface area contributed by atoms with E-state index in [-0.39, 0.29) is 0 Å². The number of halogens is 1. The Hall–Kier alpha value is -3.09. The Morgan fingerprint density at radius 2 is 0.963 bits per heavy atom. The Morgan fingerprint density at radius 3 is 1.59 bits per heavy atom. The second-order valence-corrected chi connectivity index (χ2v) is 7.18. The summed E-state index contributed by atoms with van der Waals surface area (Å²) in [7, 11) is 0. The predicted octanol–water partition coefficient (Wildman–Crippen LogP) is 7.98. The molecular formula is C26H17Cl. The van der Waals surface area contributed by atoms with Crippen molar-refractivity contribution in [2.75, 3.05) is 0 Å². The van der Waals surface area contributed by atoms with E-state index in [9.17, 15) is 0 Å². The van der Waals surface area contributed by atoms with Gasteiger partial charge in [0, 0.05) is 5.02 Å². The van der Waals surface area contributed by atoms with Gasteiger partial charge in [0.15, 0.2) is 0 Å². The van der Waals surface area contributed by atoms with E-state index in [1.54, 1.807) is 0 Å². The fourth-order valence-electron chi connectivity index (χ4n) is 3.90. The molecule has 0 aliphatic carbocycles. The maximum atomic E-state index is 6.23. The molecule has 0 amide bonds. The fourth-order valence-corrected chi connectivity index (χ4v) is 4.09. The van der Waals surface area contributed by atoms with Gasteiger partial charge in [-0.05, 0) is 55.9 Å². The van der Waals surface area contributed by atoms with Crippen LogP contribution in [0.5, 0.6) is 0 Å². The van der Waals surface area contributed by atoms with Crippen molar-refractivity contribution in [3.05, 3.63) is 108 Å². The van der Waals surface area contributed by atoms with Crippen molar-refractivity contribution in [1.82, 2.24) is 0 Å². The zero-order chi connectivity index (χ0) is 18.2. The smallest absolute Gasteiger partial charge is 0.0412 e. The van der Waals surface area contributed by atoms with Gasteiger partial charge in [-0.3, -0.25) is 0 Å². The van der Waals surface area contributed by atoms with E-state index in [1.807, 2.05) is 18.2 Å². The molecule has 0 spiro atoms. The maximum Gasteiger partial charge on any atom is 0.0412 e. The lowest BCUT2D eigenvalue weighted by Gasteiger charge is -2.12. The predicted molar refractivity (Wildman–Crippen MR) is 117 cm³/mol. The summed E-state index contributed by atoms with van der Waals surface area (Å²) >= 11 is 6.23. The highest BCUT2D eigenvalue weighted by Gasteiger charge is 2.10. The van der Waals surface area contributed by atoms with Crippen molar-refractivity contribution >= 4 is 33.1 Å². The van der Waals surface area contributed by atoms with Crippen molar-refractivity contribution in [2.45, 2.75) is 0 Å². The molecule has 0 saturated heterocycles. The van der Waals surface area contributed by atoms with Gasteiger partial charge < -0.3 is 0 Å². The zero-order valence-corrected chi connectivity index (χ0v) is 15.4. The highest BCUT2D eigenvalue weighted by Crippen LogP contribution is 2.37. The fraction of sp³-hybridized carbons (Fsp3) is 0. The van der Waals surface area contributed by atoms with Crippen LogP contribution in [0.15, 0.2) is 103 Å². The first-order valence-electron chi connectivity index (χ1n) is 9.07. The lowest BCUT2D eigenvalue weighted by molar-refractivity contribution is 1.64. The van der Waals surface area contributed by atoms with Crippen molar-refractivity contribution < 1.29 is 0 Å². The molecule has 5 rings (SSSR count). The first-order valence-corrected chi connectivity index (χ1v) is 9.45. The molecule has 27 heavy (non-hydrogen) atoms. The van der Waals surface area contributed by atoms with Crippen LogP contribution in [0, 0.1) is 0 Å². The molecule has 0 aromatic heterocycles. The van der Waals surface area contributed by atoms with Gasteiger partial charge in [0.1, 0.15) is 0 Å². The minimum Gasteiger partial charge on any atom is -0.0843 e. The molecule has 0 N–H and O–H groups in total. The Morgan fingerprint density at radius 1 is 0.407 bits per heavy atom. The molecule has 0 saturated carbocycles. The van der Waals surface area contributed by atoms with Crippen LogP contribution in [0.1, 0.15) is 0 Å². The molecule has 0 aliphatic rings. The molecule has 0 aliphatic heterocycles. The van der Waals surface area contributed by atoms with Crippen LogP contribution in [0.25, 0.3) is 43.8 Å². The SMILES string of the molecule is Clc1cccc(-c2cccc3c2ccc2c(-c4ccccc4)cccc23)c1. The molecule has 5 aromatic carbocycles. The first-order chi connectivity index (χ1) is 13.3. The molecule has 0 radical (unpaired) electrons. The third-order valence-corrected chi connectivity index (χ3v) is 5.37. The average molecular weight is 365 g/mol. The second kappa shape index (κ2) is 6.57. The number of fused-ring (bicyclic) bond motifs is 3. The van der Waals surface area contributed by atoms with Crippen molar-refractivity contribution in [1.29, 1.82) is 0 Å². The second-order valence-electron chi connectivity index (χ2n) is 6.74. The van der Waals surface area contributed by atoms with Crippen molar-refractivity contribution in [3.8, 4) is 22.3 Å². The largest absolute Gasteiger partial charge is 0.0843 e. The summed E-state index contributed by atoms with van der Waals surface area (Å²) in [6, 6.07) is 36.2. The highest BCUT2D eigenvalue weighted by atomic mass is 35.5. The highest BCUT2D eigenvalue weighted by molar-refractivity contribution is 6.31. The summed E-state index contributed by atoms with van der Waals surface area (Å²) in [6.45, 7) is 0. The van der Waals surface area contributed by atoms with Gasteiger partial charge in [-0.25, -0.2) is 0 Å². The maximum absolute atomic E-state index is 6.23. The van der Waals surface area contributed by atoms with Gasteiger partial charge >= 0.3 is 0 Å². The quantitative estimate of drug-likeness (QED) is 0.278. The number of hydrogen-bond acceptors (Lipinski definition) is 0. The number of benzene rings is 5. The number of rotatable bonds is 2. The lowest BCUT2D eigenvalue weighted by atomic mass is 9.91. The Balaban J connectivity index is 1.81. The first kappa shape index (κ1) is 16.1. The van der Waals surface area contributed by atoms with Crippen LogP contribution < -0.4 is 0 Å². The molecule has 128 valence electrons. The van der Waals surface area contributed by atoms with E-state index < -0.39 is 0 Å². The van der Waals surface area contributed by atoms with Crippen molar-refractivity contribution in [3.63, 3.8) is 0 Å². The summed E-state index contributed by atoms with van der Waals surface area (Å²) < 4.78 is 0. The molecule has 0 fully saturated rings. The minimum absolute atomic E-state index is 0.761. The van der Waals surface area contributed by atoms with Gasteiger partial charge in [0.05, 0.1) is 0 Å². The van der Waals surface area contributed by atoms with Crippen molar-refractivity contribution in [2.24, 2.45) is 0 Å². The summed E-state index contributed by atoms with van der Waals surface area (Å²) in [6.07, 6.45) is 0. The molecule has 0 heterocycles. The molecule has 0 atom stereocenters. The Kier molecular flexibility index (Phi) is 3.92. The number of hydrogen-bond donors (Lipinski definition) is 0. The Bertz CT molecular complexity index is 1270. The van der Waals surface area contributed by atoms with Crippen LogP contribution >= 0.6 is 11.6 Å². The molecular weight excluding hydrogens is 348 g/mol. The molecule has 1 heteroatoms. The van der Waals surface area contributed by atoms with Crippen LogP contribution in [0.3, 0.4) is 0 Å². The molecule has 0 nitrogen and oxygen atoms in total. The Labute approximate surface area is 163 Å². The van der Waals surface area contributed by atoms with E-state index in [0.29, 0.717) is 0 Å². The van der Waals surface area contributed by atoms with E-state index in [4.69, 9.17) is 11.6 Å². The van der Waals surface area contributed by atoms with Gasteiger partial charge in [0.2, 0.25) is 0 Å². The normalized spacial score (nSPS) is 11.1. The molecule has 0 bridgehead atoms. The van der Waals surface area contributed by atoms with E-state index in [2.05, 4.69) is 84.9 Å². The van der Waals surface area contributed by atoms with Gasteiger partial charge in [-0.1, -0.05) is 103 Å².